The predicted octanol–water partition coefficient (Wildman–Crippen LogP) is 0.391. The number of aromatic nitrogens is 3. The summed E-state index contributed by atoms with van der Waals surface area (Å²) in [7, 11) is 3.22. The van der Waals surface area contributed by atoms with Crippen LogP contribution >= 0.6 is 0 Å². The summed E-state index contributed by atoms with van der Waals surface area (Å²) in [5.74, 6) is 6.01. The molecule has 0 spiro atoms. The number of rotatable bonds is 5. The molecule has 4 N–H and O–H groups in total. The minimum atomic E-state index is 0.0188. The molecule has 1 aromatic rings. The van der Waals surface area contributed by atoms with Gasteiger partial charge in [0.2, 0.25) is 11.9 Å². The summed E-state index contributed by atoms with van der Waals surface area (Å²) in [6.07, 6.45) is 1.14. The van der Waals surface area contributed by atoms with Crippen LogP contribution in [0.15, 0.2) is 0 Å². The second-order valence-corrected chi connectivity index (χ2v) is 5.09. The molecule has 0 bridgehead atoms. The Hall–Kier alpha value is -1.67. The lowest BCUT2D eigenvalue weighted by molar-refractivity contribution is -0.0796. The largest absolute Gasteiger partial charge is 0.467 e. The van der Waals surface area contributed by atoms with Crippen molar-refractivity contribution in [3.63, 3.8) is 0 Å². The number of hydrogen-bond acceptors (Lipinski definition) is 8. The standard InChI is InChI=1S/C11H20N6O2/c1-11(2)6(5-7(11)18-3)13-8-14-9(17-12)16-10(15-8)19-4/h6-7H,5,12H2,1-4H3,(H2,13,14,15,16,17). The van der Waals surface area contributed by atoms with E-state index in [2.05, 4.69) is 39.5 Å². The van der Waals surface area contributed by atoms with Crippen molar-refractivity contribution >= 4 is 11.9 Å². The van der Waals surface area contributed by atoms with E-state index in [1.165, 1.54) is 7.11 Å². The quantitative estimate of drug-likeness (QED) is 0.520. The number of nitrogen functional groups attached to an aromatic ring is 1. The first kappa shape index (κ1) is 13.8. The van der Waals surface area contributed by atoms with Crippen LogP contribution in [0.5, 0.6) is 6.01 Å². The first-order valence-electron chi connectivity index (χ1n) is 6.07. The first-order chi connectivity index (χ1) is 9.01. The fraction of sp³-hybridized carbons (Fsp3) is 0.727. The van der Waals surface area contributed by atoms with Gasteiger partial charge in [0.05, 0.1) is 13.2 Å². The van der Waals surface area contributed by atoms with Gasteiger partial charge >= 0.3 is 6.01 Å². The van der Waals surface area contributed by atoms with E-state index >= 15 is 0 Å². The van der Waals surface area contributed by atoms with E-state index in [4.69, 9.17) is 15.3 Å². The van der Waals surface area contributed by atoms with Gasteiger partial charge in [0, 0.05) is 18.6 Å². The van der Waals surface area contributed by atoms with Gasteiger partial charge in [0.1, 0.15) is 0 Å². The third-order valence-corrected chi connectivity index (χ3v) is 3.69. The van der Waals surface area contributed by atoms with Crippen LogP contribution in [0.1, 0.15) is 20.3 Å². The molecule has 8 heteroatoms. The maximum Gasteiger partial charge on any atom is 0.322 e. The molecule has 106 valence electrons. The molecular weight excluding hydrogens is 248 g/mol. The molecule has 1 aromatic heterocycles. The van der Waals surface area contributed by atoms with Gasteiger partial charge in [-0.25, -0.2) is 5.84 Å². The van der Waals surface area contributed by atoms with Crippen LogP contribution in [0.2, 0.25) is 0 Å². The Morgan fingerprint density at radius 2 is 1.89 bits per heavy atom. The maximum absolute atomic E-state index is 5.41. The van der Waals surface area contributed by atoms with Crippen LogP contribution in [-0.2, 0) is 4.74 Å². The Labute approximate surface area is 112 Å². The third kappa shape index (κ3) is 2.54. The Morgan fingerprint density at radius 1 is 1.21 bits per heavy atom. The second-order valence-electron chi connectivity index (χ2n) is 5.09. The summed E-state index contributed by atoms with van der Waals surface area (Å²) >= 11 is 0. The highest BCUT2D eigenvalue weighted by Crippen LogP contribution is 2.43. The minimum absolute atomic E-state index is 0.0188. The maximum atomic E-state index is 5.41. The van der Waals surface area contributed by atoms with Crippen LogP contribution in [-0.4, -0.2) is 41.3 Å². The number of hydrogen-bond donors (Lipinski definition) is 3. The van der Waals surface area contributed by atoms with Crippen molar-refractivity contribution in [3.05, 3.63) is 0 Å². The van der Waals surface area contributed by atoms with Gasteiger partial charge in [-0.2, -0.15) is 15.0 Å². The molecule has 0 saturated heterocycles. The van der Waals surface area contributed by atoms with Gasteiger partial charge in [-0.1, -0.05) is 13.8 Å². The number of hydrazine groups is 1. The number of nitrogens with one attached hydrogen (secondary N) is 2. The Morgan fingerprint density at radius 3 is 2.42 bits per heavy atom. The zero-order valence-electron chi connectivity index (χ0n) is 11.6. The lowest BCUT2D eigenvalue weighted by Gasteiger charge is -2.51. The summed E-state index contributed by atoms with van der Waals surface area (Å²) < 4.78 is 10.4. The molecule has 1 saturated carbocycles. The molecule has 1 fully saturated rings. The molecule has 19 heavy (non-hydrogen) atoms. The molecule has 2 rings (SSSR count). The minimum Gasteiger partial charge on any atom is -0.467 e. The van der Waals surface area contributed by atoms with Crippen LogP contribution in [0, 0.1) is 5.41 Å². The highest BCUT2D eigenvalue weighted by molar-refractivity contribution is 5.37. The molecule has 0 amide bonds. The number of anilines is 2. The van der Waals surface area contributed by atoms with E-state index in [-0.39, 0.29) is 29.5 Å². The van der Waals surface area contributed by atoms with Crippen molar-refractivity contribution in [3.8, 4) is 6.01 Å². The molecule has 1 aliphatic carbocycles. The average molecular weight is 268 g/mol. The molecule has 2 atom stereocenters. The van der Waals surface area contributed by atoms with E-state index in [0.29, 0.717) is 5.95 Å². The third-order valence-electron chi connectivity index (χ3n) is 3.69. The Bertz CT molecular complexity index is 431. The Balaban J connectivity index is 2.12. The summed E-state index contributed by atoms with van der Waals surface area (Å²) in [4.78, 5) is 12.2. The van der Waals surface area contributed by atoms with E-state index < -0.39 is 0 Å². The fourth-order valence-corrected chi connectivity index (χ4v) is 2.26. The predicted molar refractivity (Wildman–Crippen MR) is 70.8 cm³/mol. The molecule has 2 unspecified atom stereocenters. The van der Waals surface area contributed by atoms with Gasteiger partial charge in [-0.3, -0.25) is 5.43 Å². The van der Waals surface area contributed by atoms with E-state index in [0.717, 1.165) is 6.42 Å². The highest BCUT2D eigenvalue weighted by Gasteiger charge is 2.48. The monoisotopic (exact) mass is 268 g/mol. The van der Waals surface area contributed by atoms with Gasteiger partial charge in [0.15, 0.2) is 0 Å². The van der Waals surface area contributed by atoms with Crippen molar-refractivity contribution in [1.29, 1.82) is 0 Å². The second kappa shape index (κ2) is 5.14. The fourth-order valence-electron chi connectivity index (χ4n) is 2.26. The number of nitrogens with two attached hydrogens (primary N) is 1. The van der Waals surface area contributed by atoms with E-state index in [9.17, 15) is 0 Å². The summed E-state index contributed by atoms with van der Waals surface area (Å²) in [6, 6.07) is 0.445. The average Bonchev–Trinajstić information content (AvgIpc) is 2.42. The lowest BCUT2D eigenvalue weighted by atomic mass is 9.64. The summed E-state index contributed by atoms with van der Waals surface area (Å²) in [5.41, 5.74) is 2.40. The number of ether oxygens (including phenoxy) is 2. The summed E-state index contributed by atoms with van der Waals surface area (Å²) in [5, 5.41) is 3.26. The molecule has 0 radical (unpaired) electrons. The normalized spacial score (nSPS) is 24.5. The zero-order chi connectivity index (χ0) is 14.0. The van der Waals surface area contributed by atoms with Crippen LogP contribution < -0.4 is 21.3 Å². The van der Waals surface area contributed by atoms with Crippen molar-refractivity contribution in [1.82, 2.24) is 15.0 Å². The van der Waals surface area contributed by atoms with Crippen LogP contribution in [0.4, 0.5) is 11.9 Å². The number of nitrogens with zero attached hydrogens (tertiary/aromatic N) is 3. The van der Waals surface area contributed by atoms with Gasteiger partial charge in [-0.15, -0.1) is 0 Å². The van der Waals surface area contributed by atoms with Crippen molar-refractivity contribution in [2.45, 2.75) is 32.4 Å². The molecule has 0 aliphatic heterocycles. The van der Waals surface area contributed by atoms with Gasteiger partial charge in [0.25, 0.3) is 0 Å². The molecular formula is C11H20N6O2. The van der Waals surface area contributed by atoms with Gasteiger partial charge < -0.3 is 14.8 Å². The highest BCUT2D eigenvalue weighted by atomic mass is 16.5. The topological polar surface area (TPSA) is 107 Å². The van der Waals surface area contributed by atoms with Crippen molar-refractivity contribution in [2.24, 2.45) is 11.3 Å². The van der Waals surface area contributed by atoms with E-state index in [1.807, 2.05) is 0 Å². The van der Waals surface area contributed by atoms with Crippen molar-refractivity contribution in [2.75, 3.05) is 25.0 Å². The summed E-state index contributed by atoms with van der Waals surface area (Å²) in [6.45, 7) is 4.28. The number of methoxy groups -OCH3 is 2. The van der Waals surface area contributed by atoms with Crippen molar-refractivity contribution < 1.29 is 9.47 Å². The van der Waals surface area contributed by atoms with E-state index in [1.54, 1.807) is 7.11 Å². The van der Waals surface area contributed by atoms with Crippen LogP contribution in [0.25, 0.3) is 0 Å². The molecule has 1 heterocycles. The molecule has 8 nitrogen and oxygen atoms in total. The molecule has 0 aromatic carbocycles. The molecule has 1 aliphatic rings. The lowest BCUT2D eigenvalue weighted by Crippen LogP contribution is -2.57. The van der Waals surface area contributed by atoms with Crippen LogP contribution in [0.3, 0.4) is 0 Å². The zero-order valence-corrected chi connectivity index (χ0v) is 11.6. The smallest absolute Gasteiger partial charge is 0.322 e. The van der Waals surface area contributed by atoms with Gasteiger partial charge in [-0.05, 0) is 6.42 Å². The SMILES string of the molecule is COc1nc(NN)nc(NC2CC(OC)C2(C)C)n1. The first-order valence-corrected chi connectivity index (χ1v) is 6.07. The Kier molecular flexibility index (Phi) is 3.72.